The Bertz CT molecular complexity index is 1390. The van der Waals surface area contributed by atoms with E-state index in [4.69, 9.17) is 16.6 Å². The molecule has 174 valence electrons. The van der Waals surface area contributed by atoms with Gasteiger partial charge in [0.15, 0.2) is 5.16 Å². The van der Waals surface area contributed by atoms with Gasteiger partial charge in [0.2, 0.25) is 0 Å². The SMILES string of the molecule is O=c1[nH]c(SC[C@@H](Sc2ccc([N+](=O)[O-])cc2)[C@@H](Cl)c2ccccc2)nc2sc3c(c12)CCC3. The Balaban J connectivity index is 1.39. The summed E-state index contributed by atoms with van der Waals surface area (Å²) < 4.78 is 0. The molecule has 0 saturated heterocycles. The number of nitrogens with one attached hydrogen (secondary N) is 1. The van der Waals surface area contributed by atoms with Crippen molar-refractivity contribution in [3.05, 3.63) is 91.1 Å². The Morgan fingerprint density at radius 3 is 2.65 bits per heavy atom. The van der Waals surface area contributed by atoms with Crippen LogP contribution in [0.4, 0.5) is 5.69 Å². The van der Waals surface area contributed by atoms with Crippen LogP contribution in [-0.4, -0.2) is 25.9 Å². The third-order valence-corrected chi connectivity index (χ3v) is 10.1. The number of aromatic nitrogens is 2. The predicted molar refractivity (Wildman–Crippen MR) is 141 cm³/mol. The summed E-state index contributed by atoms with van der Waals surface area (Å²) in [4.78, 5) is 34.1. The summed E-state index contributed by atoms with van der Waals surface area (Å²) in [6.45, 7) is 0. The number of hydrogen-bond acceptors (Lipinski definition) is 7. The summed E-state index contributed by atoms with van der Waals surface area (Å²) in [6, 6.07) is 16.3. The van der Waals surface area contributed by atoms with E-state index >= 15 is 0 Å². The molecule has 0 saturated carbocycles. The minimum absolute atomic E-state index is 0.0543. The number of H-pyrrole nitrogens is 1. The molecule has 1 aliphatic carbocycles. The monoisotopic (exact) mass is 529 g/mol. The van der Waals surface area contributed by atoms with Crippen molar-refractivity contribution in [2.45, 2.75) is 39.9 Å². The first kappa shape index (κ1) is 23.4. The average Bonchev–Trinajstić information content (AvgIpc) is 3.43. The number of non-ortho nitro benzene ring substituents is 1. The van der Waals surface area contributed by atoms with Crippen molar-refractivity contribution >= 4 is 62.4 Å². The Morgan fingerprint density at radius 1 is 1.15 bits per heavy atom. The van der Waals surface area contributed by atoms with Crippen LogP contribution in [0.15, 0.2) is 69.4 Å². The van der Waals surface area contributed by atoms with Crippen molar-refractivity contribution in [2.24, 2.45) is 0 Å². The molecule has 2 aromatic carbocycles. The van der Waals surface area contributed by atoms with Gasteiger partial charge in [-0.05, 0) is 42.5 Å². The molecule has 0 amide bonds. The molecule has 2 heterocycles. The molecule has 5 rings (SSSR count). The maximum Gasteiger partial charge on any atom is 0.269 e. The van der Waals surface area contributed by atoms with Crippen molar-refractivity contribution in [3.63, 3.8) is 0 Å². The molecule has 0 bridgehead atoms. The topological polar surface area (TPSA) is 88.9 Å². The van der Waals surface area contributed by atoms with E-state index in [1.165, 1.54) is 34.3 Å². The molecule has 6 nitrogen and oxygen atoms in total. The zero-order chi connectivity index (χ0) is 23.7. The smallest absolute Gasteiger partial charge is 0.269 e. The minimum Gasteiger partial charge on any atom is -0.301 e. The first-order chi connectivity index (χ1) is 16.5. The standard InChI is InChI=1S/C24H20ClN3O3S3/c25-21(14-5-2-1-3-6-14)19(33-16-11-9-15(10-12-16)28(30)31)13-32-24-26-22(29)20-17-7-4-8-18(17)34-23(20)27-24/h1-3,5-6,9-12,19,21H,4,7-8,13H2,(H,26,27,29)/t19-,21+/m1/s1. The minimum atomic E-state index is -0.408. The fraction of sp³-hybridized carbons (Fsp3) is 0.250. The molecule has 34 heavy (non-hydrogen) atoms. The zero-order valence-corrected chi connectivity index (χ0v) is 21.1. The van der Waals surface area contributed by atoms with Gasteiger partial charge in [0.1, 0.15) is 4.83 Å². The van der Waals surface area contributed by atoms with Crippen LogP contribution < -0.4 is 5.56 Å². The molecule has 10 heteroatoms. The average molecular weight is 530 g/mol. The first-order valence-electron chi connectivity index (χ1n) is 10.8. The quantitative estimate of drug-likeness (QED) is 0.0907. The number of halogens is 1. The number of benzene rings is 2. The third kappa shape index (κ3) is 4.88. The van der Waals surface area contributed by atoms with Crippen LogP contribution in [0.3, 0.4) is 0 Å². The van der Waals surface area contributed by atoms with Crippen LogP contribution in [0, 0.1) is 10.1 Å². The number of aryl methyl sites for hydroxylation is 2. The lowest BCUT2D eigenvalue weighted by Crippen LogP contribution is -2.15. The van der Waals surface area contributed by atoms with Crippen molar-refractivity contribution in [2.75, 3.05) is 5.75 Å². The maximum atomic E-state index is 12.8. The normalized spacial score (nSPS) is 14.7. The number of thiophene rings is 1. The second kappa shape index (κ2) is 10.1. The van der Waals surface area contributed by atoms with Crippen molar-refractivity contribution < 1.29 is 4.92 Å². The lowest BCUT2D eigenvalue weighted by Gasteiger charge is -2.22. The molecule has 0 aliphatic heterocycles. The molecule has 1 N–H and O–H groups in total. The van der Waals surface area contributed by atoms with Gasteiger partial charge in [-0.2, -0.15) is 0 Å². The van der Waals surface area contributed by atoms with Gasteiger partial charge in [0, 0.05) is 32.9 Å². The molecule has 0 unspecified atom stereocenters. The van der Waals surface area contributed by atoms with Crippen molar-refractivity contribution in [3.8, 4) is 0 Å². The van der Waals surface area contributed by atoms with E-state index in [0.29, 0.717) is 10.9 Å². The lowest BCUT2D eigenvalue weighted by molar-refractivity contribution is -0.384. The first-order valence-corrected chi connectivity index (χ1v) is 13.9. The Kier molecular flexibility index (Phi) is 6.96. The molecule has 1 aliphatic rings. The summed E-state index contributed by atoms with van der Waals surface area (Å²) in [5, 5.41) is 12.0. The van der Waals surface area contributed by atoms with Crippen LogP contribution in [0.25, 0.3) is 10.2 Å². The van der Waals surface area contributed by atoms with E-state index < -0.39 is 4.92 Å². The zero-order valence-electron chi connectivity index (χ0n) is 17.9. The molecule has 2 atom stereocenters. The molecular weight excluding hydrogens is 510 g/mol. The Hall–Kier alpha value is -2.33. The summed E-state index contributed by atoms with van der Waals surface area (Å²) >= 11 is 11.6. The molecule has 2 aromatic heterocycles. The van der Waals surface area contributed by atoms with Gasteiger partial charge < -0.3 is 4.98 Å². The number of rotatable bonds is 8. The van der Waals surface area contributed by atoms with Crippen LogP contribution in [0.5, 0.6) is 0 Å². The van der Waals surface area contributed by atoms with Gasteiger partial charge in [-0.1, -0.05) is 42.1 Å². The molecular formula is C24H20ClN3O3S3. The van der Waals surface area contributed by atoms with E-state index in [0.717, 1.165) is 39.9 Å². The van der Waals surface area contributed by atoms with Gasteiger partial charge in [0.25, 0.3) is 11.2 Å². The number of alkyl halides is 1. The van der Waals surface area contributed by atoms with E-state index in [9.17, 15) is 14.9 Å². The third-order valence-electron chi connectivity index (χ3n) is 5.72. The molecule has 0 spiro atoms. The van der Waals surface area contributed by atoms with E-state index in [1.807, 2.05) is 30.3 Å². The molecule has 4 aromatic rings. The molecule has 0 radical (unpaired) electrons. The predicted octanol–water partition coefficient (Wildman–Crippen LogP) is 6.61. The fourth-order valence-electron chi connectivity index (χ4n) is 4.06. The van der Waals surface area contributed by atoms with Gasteiger partial charge in [-0.25, -0.2) is 4.98 Å². The number of hydrogen-bond donors (Lipinski definition) is 1. The van der Waals surface area contributed by atoms with Crippen LogP contribution in [-0.2, 0) is 12.8 Å². The van der Waals surface area contributed by atoms with Gasteiger partial charge >= 0.3 is 0 Å². The van der Waals surface area contributed by atoms with Crippen LogP contribution in [0.2, 0.25) is 0 Å². The van der Waals surface area contributed by atoms with Crippen LogP contribution in [0.1, 0.15) is 27.8 Å². The highest BCUT2D eigenvalue weighted by atomic mass is 35.5. The summed E-state index contributed by atoms with van der Waals surface area (Å²) in [6.07, 6.45) is 3.08. The highest BCUT2D eigenvalue weighted by molar-refractivity contribution is 8.03. The second-order valence-electron chi connectivity index (χ2n) is 7.94. The van der Waals surface area contributed by atoms with Crippen molar-refractivity contribution in [1.29, 1.82) is 0 Å². The number of aromatic amines is 1. The van der Waals surface area contributed by atoms with E-state index in [1.54, 1.807) is 35.2 Å². The van der Waals surface area contributed by atoms with Gasteiger partial charge in [-0.15, -0.1) is 34.7 Å². The molecule has 0 fully saturated rings. The highest BCUT2D eigenvalue weighted by Crippen LogP contribution is 2.40. The van der Waals surface area contributed by atoms with E-state index in [2.05, 4.69) is 4.98 Å². The fourth-order valence-corrected chi connectivity index (χ4v) is 8.11. The summed E-state index contributed by atoms with van der Waals surface area (Å²) in [5.41, 5.74) is 2.15. The lowest BCUT2D eigenvalue weighted by atomic mass is 10.1. The van der Waals surface area contributed by atoms with E-state index in [-0.39, 0.29) is 21.9 Å². The number of nitro benzene ring substituents is 1. The second-order valence-corrected chi connectivity index (χ2v) is 11.8. The number of nitrogens with zero attached hydrogens (tertiary/aromatic N) is 2. The van der Waals surface area contributed by atoms with Gasteiger partial charge in [0.05, 0.1) is 15.7 Å². The largest absolute Gasteiger partial charge is 0.301 e. The highest BCUT2D eigenvalue weighted by Gasteiger charge is 2.25. The summed E-state index contributed by atoms with van der Waals surface area (Å²) in [5.74, 6) is 0.601. The van der Waals surface area contributed by atoms with Gasteiger partial charge in [-0.3, -0.25) is 14.9 Å². The number of fused-ring (bicyclic) bond motifs is 3. The van der Waals surface area contributed by atoms with Crippen LogP contribution >= 0.6 is 46.5 Å². The summed E-state index contributed by atoms with van der Waals surface area (Å²) in [7, 11) is 0. The maximum absolute atomic E-state index is 12.8. The van der Waals surface area contributed by atoms with Crippen molar-refractivity contribution in [1.82, 2.24) is 9.97 Å². The number of thioether (sulfide) groups is 2. The Morgan fingerprint density at radius 2 is 1.91 bits per heavy atom. The number of nitro groups is 1. The Labute approximate surface area is 213 Å².